The summed E-state index contributed by atoms with van der Waals surface area (Å²) in [6.45, 7) is 5.83. The summed E-state index contributed by atoms with van der Waals surface area (Å²) in [6.07, 6.45) is 0.157. The van der Waals surface area contributed by atoms with Crippen LogP contribution in [0.2, 0.25) is 0 Å². The Morgan fingerprint density at radius 3 is 2.14 bits per heavy atom. The van der Waals surface area contributed by atoms with Crippen molar-refractivity contribution in [3.8, 4) is 0 Å². The summed E-state index contributed by atoms with van der Waals surface area (Å²) in [5.41, 5.74) is 1.62. The Kier molecular flexibility index (Phi) is 6.49. The third-order valence-electron chi connectivity index (χ3n) is 4.69. The number of amides is 1. The molecule has 2 aromatic carbocycles. The number of carbonyl (C=O) groups excluding carboxylic acids is 1. The van der Waals surface area contributed by atoms with E-state index in [2.05, 4.69) is 0 Å². The van der Waals surface area contributed by atoms with Crippen molar-refractivity contribution in [1.29, 1.82) is 0 Å². The molecule has 1 aliphatic rings. The largest absolute Gasteiger partial charge is 0.374 e. The molecule has 0 aromatic heterocycles. The first-order valence-electron chi connectivity index (χ1n) is 9.43. The van der Waals surface area contributed by atoms with E-state index in [9.17, 15) is 13.2 Å². The number of sulfonamides is 1. The fourth-order valence-electron chi connectivity index (χ4n) is 3.06. The van der Waals surface area contributed by atoms with Crippen LogP contribution in [0.1, 0.15) is 29.8 Å². The van der Waals surface area contributed by atoms with Crippen molar-refractivity contribution in [2.24, 2.45) is 0 Å². The first-order valence-corrected chi connectivity index (χ1v) is 10.9. The van der Waals surface area contributed by atoms with E-state index in [1.165, 1.54) is 4.31 Å². The quantitative estimate of drug-likeness (QED) is 0.745. The second kappa shape index (κ2) is 8.86. The smallest absolute Gasteiger partial charge is 0.253 e. The standard InChI is InChI=1S/C21H26N2O4S/c1-17(2)27-16-18-8-10-19(11-9-18)21(24)22-12-14-23(15-13-22)28(25,26)20-6-4-3-5-7-20/h3-11,17H,12-16H2,1-2H3. The average Bonchev–Trinajstić information content (AvgIpc) is 2.73. The number of carbonyl (C=O) groups is 1. The van der Waals surface area contributed by atoms with Crippen LogP contribution in [0.25, 0.3) is 0 Å². The van der Waals surface area contributed by atoms with Gasteiger partial charge in [-0.25, -0.2) is 8.42 Å². The maximum atomic E-state index is 12.7. The van der Waals surface area contributed by atoms with Crippen molar-refractivity contribution >= 4 is 15.9 Å². The van der Waals surface area contributed by atoms with Crippen molar-refractivity contribution < 1.29 is 17.9 Å². The summed E-state index contributed by atoms with van der Waals surface area (Å²) < 4.78 is 32.4. The zero-order valence-electron chi connectivity index (χ0n) is 16.2. The molecular weight excluding hydrogens is 376 g/mol. The van der Waals surface area contributed by atoms with Gasteiger partial charge >= 0.3 is 0 Å². The van der Waals surface area contributed by atoms with E-state index in [-0.39, 0.29) is 16.9 Å². The first-order chi connectivity index (χ1) is 13.4. The highest BCUT2D eigenvalue weighted by Gasteiger charge is 2.30. The molecule has 0 aliphatic carbocycles. The minimum absolute atomic E-state index is 0.0758. The van der Waals surface area contributed by atoms with Gasteiger partial charge in [0.15, 0.2) is 0 Å². The summed E-state index contributed by atoms with van der Waals surface area (Å²) in [5, 5.41) is 0. The number of hydrogen-bond acceptors (Lipinski definition) is 4. The van der Waals surface area contributed by atoms with Crippen molar-refractivity contribution in [2.75, 3.05) is 26.2 Å². The molecule has 28 heavy (non-hydrogen) atoms. The zero-order valence-corrected chi connectivity index (χ0v) is 17.1. The molecule has 150 valence electrons. The van der Waals surface area contributed by atoms with Crippen LogP contribution in [0.4, 0.5) is 0 Å². The molecule has 0 bridgehead atoms. The van der Waals surface area contributed by atoms with Crippen LogP contribution in [0.15, 0.2) is 59.5 Å². The van der Waals surface area contributed by atoms with Gasteiger partial charge in [0.2, 0.25) is 10.0 Å². The van der Waals surface area contributed by atoms with Gasteiger partial charge in [-0.1, -0.05) is 30.3 Å². The molecule has 2 aromatic rings. The Bertz CT molecular complexity index is 888. The lowest BCUT2D eigenvalue weighted by molar-refractivity contribution is 0.0654. The van der Waals surface area contributed by atoms with Gasteiger partial charge < -0.3 is 9.64 Å². The molecular formula is C21H26N2O4S. The minimum atomic E-state index is -3.51. The fourth-order valence-corrected chi connectivity index (χ4v) is 4.51. The number of ether oxygens (including phenoxy) is 1. The van der Waals surface area contributed by atoms with Crippen molar-refractivity contribution in [3.63, 3.8) is 0 Å². The zero-order chi connectivity index (χ0) is 20.1. The fraction of sp³-hybridized carbons (Fsp3) is 0.381. The number of hydrogen-bond donors (Lipinski definition) is 0. The summed E-state index contributed by atoms with van der Waals surface area (Å²) in [6, 6.07) is 15.8. The highest BCUT2D eigenvalue weighted by Crippen LogP contribution is 2.18. The Labute approximate surface area is 166 Å². The van der Waals surface area contributed by atoms with Gasteiger partial charge in [-0.05, 0) is 43.7 Å². The van der Waals surface area contributed by atoms with E-state index in [4.69, 9.17) is 4.74 Å². The molecule has 7 heteroatoms. The predicted molar refractivity (Wildman–Crippen MR) is 107 cm³/mol. The van der Waals surface area contributed by atoms with Gasteiger partial charge in [-0.2, -0.15) is 4.31 Å². The number of rotatable bonds is 6. The Balaban J connectivity index is 1.59. The lowest BCUT2D eigenvalue weighted by Gasteiger charge is -2.34. The molecule has 1 fully saturated rings. The van der Waals surface area contributed by atoms with E-state index in [1.807, 2.05) is 26.0 Å². The average molecular weight is 403 g/mol. The molecule has 0 unspecified atom stereocenters. The normalized spacial score (nSPS) is 15.8. The highest BCUT2D eigenvalue weighted by atomic mass is 32.2. The predicted octanol–water partition coefficient (Wildman–Crippen LogP) is 2.76. The van der Waals surface area contributed by atoms with E-state index in [0.29, 0.717) is 38.3 Å². The van der Waals surface area contributed by atoms with E-state index < -0.39 is 10.0 Å². The summed E-state index contributed by atoms with van der Waals surface area (Å²) in [7, 11) is -3.51. The molecule has 0 N–H and O–H groups in total. The van der Waals surface area contributed by atoms with Crippen molar-refractivity contribution in [1.82, 2.24) is 9.21 Å². The minimum Gasteiger partial charge on any atom is -0.374 e. The van der Waals surface area contributed by atoms with Crippen molar-refractivity contribution in [2.45, 2.75) is 31.5 Å². The second-order valence-electron chi connectivity index (χ2n) is 7.07. The maximum absolute atomic E-state index is 12.7. The van der Waals surface area contributed by atoms with Gasteiger partial charge in [0, 0.05) is 31.7 Å². The van der Waals surface area contributed by atoms with Crippen LogP contribution >= 0.6 is 0 Å². The van der Waals surface area contributed by atoms with Crippen LogP contribution in [-0.4, -0.2) is 55.8 Å². The summed E-state index contributed by atoms with van der Waals surface area (Å²) >= 11 is 0. The Morgan fingerprint density at radius 2 is 1.57 bits per heavy atom. The summed E-state index contributed by atoms with van der Waals surface area (Å²) in [4.78, 5) is 14.7. The molecule has 0 saturated carbocycles. The molecule has 1 heterocycles. The van der Waals surface area contributed by atoms with Crippen LogP contribution in [-0.2, 0) is 21.4 Å². The van der Waals surface area contributed by atoms with E-state index in [0.717, 1.165) is 5.56 Å². The van der Waals surface area contributed by atoms with Gasteiger partial charge in [-0.15, -0.1) is 0 Å². The lowest BCUT2D eigenvalue weighted by atomic mass is 10.1. The highest BCUT2D eigenvalue weighted by molar-refractivity contribution is 7.89. The first kappa shape index (κ1) is 20.5. The van der Waals surface area contributed by atoms with Gasteiger partial charge in [0.25, 0.3) is 5.91 Å². The van der Waals surface area contributed by atoms with Crippen LogP contribution in [0.3, 0.4) is 0 Å². The Hall–Kier alpha value is -2.22. The Morgan fingerprint density at radius 1 is 0.964 bits per heavy atom. The van der Waals surface area contributed by atoms with Crippen molar-refractivity contribution in [3.05, 3.63) is 65.7 Å². The van der Waals surface area contributed by atoms with Gasteiger partial charge in [0.1, 0.15) is 0 Å². The molecule has 1 aliphatic heterocycles. The lowest BCUT2D eigenvalue weighted by Crippen LogP contribution is -2.50. The maximum Gasteiger partial charge on any atom is 0.253 e. The van der Waals surface area contributed by atoms with Crippen LogP contribution < -0.4 is 0 Å². The monoisotopic (exact) mass is 402 g/mol. The molecule has 0 radical (unpaired) electrons. The number of nitrogens with zero attached hydrogens (tertiary/aromatic N) is 2. The number of piperazine rings is 1. The molecule has 0 atom stereocenters. The molecule has 6 nitrogen and oxygen atoms in total. The second-order valence-corrected chi connectivity index (χ2v) is 9.00. The molecule has 1 amide bonds. The third kappa shape index (κ3) is 4.79. The summed E-state index contributed by atoms with van der Waals surface area (Å²) in [5.74, 6) is -0.0758. The topological polar surface area (TPSA) is 66.9 Å². The molecule has 1 saturated heterocycles. The molecule has 3 rings (SSSR count). The SMILES string of the molecule is CC(C)OCc1ccc(C(=O)N2CCN(S(=O)(=O)c3ccccc3)CC2)cc1. The van der Waals surface area contributed by atoms with Gasteiger partial charge in [-0.3, -0.25) is 4.79 Å². The molecule has 0 spiro atoms. The number of benzene rings is 2. The van der Waals surface area contributed by atoms with E-state index in [1.54, 1.807) is 47.4 Å². The van der Waals surface area contributed by atoms with Gasteiger partial charge in [0.05, 0.1) is 17.6 Å². The van der Waals surface area contributed by atoms with Crippen LogP contribution in [0, 0.1) is 0 Å². The van der Waals surface area contributed by atoms with Crippen LogP contribution in [0.5, 0.6) is 0 Å². The van der Waals surface area contributed by atoms with E-state index >= 15 is 0 Å². The third-order valence-corrected chi connectivity index (χ3v) is 6.60.